The van der Waals surface area contributed by atoms with Gasteiger partial charge in [0.2, 0.25) is 10.0 Å². The SMILES string of the molecule is O=S(=O)(c1cccnc1)N1CC[C@@]2(CCCN(CCC3CCCCC3)C2)C1. The van der Waals surface area contributed by atoms with Gasteiger partial charge in [0.1, 0.15) is 4.90 Å². The number of piperidine rings is 1. The van der Waals surface area contributed by atoms with Crippen LogP contribution in [0.25, 0.3) is 0 Å². The number of pyridine rings is 1. The van der Waals surface area contributed by atoms with Crippen molar-refractivity contribution in [3.8, 4) is 0 Å². The minimum atomic E-state index is -3.41. The van der Waals surface area contributed by atoms with Crippen molar-refractivity contribution in [2.45, 2.75) is 62.7 Å². The highest BCUT2D eigenvalue weighted by Gasteiger charge is 2.45. The fourth-order valence-corrected chi connectivity index (χ4v) is 6.94. The van der Waals surface area contributed by atoms with Crippen LogP contribution in [0, 0.1) is 11.3 Å². The van der Waals surface area contributed by atoms with Crippen LogP contribution in [0.1, 0.15) is 57.8 Å². The van der Waals surface area contributed by atoms with Crippen molar-refractivity contribution in [1.82, 2.24) is 14.2 Å². The maximum atomic E-state index is 12.9. The van der Waals surface area contributed by atoms with Crippen LogP contribution in [0.5, 0.6) is 0 Å². The molecule has 4 rings (SSSR count). The van der Waals surface area contributed by atoms with Gasteiger partial charge in [0.15, 0.2) is 0 Å². The van der Waals surface area contributed by atoms with Crippen LogP contribution < -0.4 is 0 Å². The Balaban J connectivity index is 1.36. The van der Waals surface area contributed by atoms with Crippen molar-refractivity contribution in [1.29, 1.82) is 0 Å². The number of nitrogens with zero attached hydrogens (tertiary/aromatic N) is 3. The monoisotopic (exact) mass is 391 g/mol. The highest BCUT2D eigenvalue weighted by molar-refractivity contribution is 7.89. The molecule has 3 fully saturated rings. The Morgan fingerprint density at radius 3 is 2.70 bits per heavy atom. The van der Waals surface area contributed by atoms with Gasteiger partial charge in [0.05, 0.1) is 0 Å². The van der Waals surface area contributed by atoms with Crippen molar-refractivity contribution in [3.05, 3.63) is 24.5 Å². The minimum absolute atomic E-state index is 0.153. The highest BCUT2D eigenvalue weighted by atomic mass is 32.2. The quantitative estimate of drug-likeness (QED) is 0.770. The van der Waals surface area contributed by atoms with Gasteiger partial charge in [-0.15, -0.1) is 0 Å². The third-order valence-electron chi connectivity index (χ3n) is 6.99. The maximum Gasteiger partial charge on any atom is 0.244 e. The predicted octanol–water partition coefficient (Wildman–Crippen LogP) is 3.53. The summed E-state index contributed by atoms with van der Waals surface area (Å²) in [5, 5.41) is 0. The van der Waals surface area contributed by atoms with Crippen LogP contribution >= 0.6 is 0 Å². The van der Waals surface area contributed by atoms with Gasteiger partial charge in [-0.1, -0.05) is 32.1 Å². The molecule has 1 aliphatic carbocycles. The summed E-state index contributed by atoms with van der Waals surface area (Å²) < 4.78 is 27.6. The van der Waals surface area contributed by atoms with Crippen molar-refractivity contribution in [2.75, 3.05) is 32.7 Å². The summed E-state index contributed by atoms with van der Waals surface area (Å²) in [5.74, 6) is 0.919. The Labute approximate surface area is 164 Å². The number of sulfonamides is 1. The molecule has 3 heterocycles. The van der Waals surface area contributed by atoms with E-state index < -0.39 is 10.0 Å². The summed E-state index contributed by atoms with van der Waals surface area (Å²) in [6.45, 7) is 4.77. The number of hydrogen-bond donors (Lipinski definition) is 0. The molecule has 150 valence electrons. The summed E-state index contributed by atoms with van der Waals surface area (Å²) >= 11 is 0. The van der Waals surface area contributed by atoms with E-state index in [0.29, 0.717) is 18.0 Å². The lowest BCUT2D eigenvalue weighted by Gasteiger charge is -2.41. The zero-order valence-electron chi connectivity index (χ0n) is 16.4. The third kappa shape index (κ3) is 4.38. The Bertz CT molecular complexity index is 718. The predicted molar refractivity (Wildman–Crippen MR) is 107 cm³/mol. The fraction of sp³-hybridized carbons (Fsp3) is 0.762. The molecule has 0 aromatic carbocycles. The van der Waals surface area contributed by atoms with Gasteiger partial charge in [-0.25, -0.2) is 8.42 Å². The van der Waals surface area contributed by atoms with Gasteiger partial charge in [-0.05, 0) is 62.2 Å². The number of hydrogen-bond acceptors (Lipinski definition) is 4. The van der Waals surface area contributed by atoms with Crippen LogP contribution in [0.3, 0.4) is 0 Å². The van der Waals surface area contributed by atoms with Crippen LogP contribution in [0.2, 0.25) is 0 Å². The Morgan fingerprint density at radius 1 is 1.07 bits per heavy atom. The first-order valence-electron chi connectivity index (χ1n) is 10.7. The van der Waals surface area contributed by atoms with E-state index in [1.165, 1.54) is 64.2 Å². The van der Waals surface area contributed by atoms with Crippen molar-refractivity contribution in [2.24, 2.45) is 11.3 Å². The van der Waals surface area contributed by atoms with E-state index in [9.17, 15) is 8.42 Å². The van der Waals surface area contributed by atoms with Crippen LogP contribution in [-0.2, 0) is 10.0 Å². The second-order valence-electron chi connectivity index (χ2n) is 8.95. The summed E-state index contributed by atoms with van der Waals surface area (Å²) in [7, 11) is -3.41. The molecule has 1 saturated carbocycles. The van der Waals surface area contributed by atoms with Crippen LogP contribution in [0.4, 0.5) is 0 Å². The van der Waals surface area contributed by atoms with Crippen molar-refractivity contribution >= 4 is 10.0 Å². The Hall–Kier alpha value is -0.980. The topological polar surface area (TPSA) is 53.5 Å². The van der Waals surface area contributed by atoms with E-state index in [-0.39, 0.29) is 5.41 Å². The first-order valence-corrected chi connectivity index (χ1v) is 12.1. The van der Waals surface area contributed by atoms with Gasteiger partial charge >= 0.3 is 0 Å². The van der Waals surface area contributed by atoms with Crippen molar-refractivity contribution in [3.63, 3.8) is 0 Å². The standard InChI is InChI=1S/C21H33N3O2S/c25-27(26,20-8-4-12-22-16-20)24-15-11-21(18-24)10-5-13-23(17-21)14-9-19-6-2-1-3-7-19/h4,8,12,16,19H,1-3,5-7,9-11,13-15,17-18H2/t21-/m1/s1. The maximum absolute atomic E-state index is 12.9. The molecule has 1 aromatic rings. The average molecular weight is 392 g/mol. The molecule has 0 unspecified atom stereocenters. The van der Waals surface area contributed by atoms with Crippen LogP contribution in [0.15, 0.2) is 29.4 Å². The molecule has 0 bridgehead atoms. The second kappa shape index (κ2) is 8.18. The van der Waals surface area contributed by atoms with Gasteiger partial charge in [0.25, 0.3) is 0 Å². The van der Waals surface area contributed by atoms with Gasteiger partial charge in [-0.2, -0.15) is 4.31 Å². The largest absolute Gasteiger partial charge is 0.303 e. The molecule has 3 aliphatic rings. The second-order valence-corrected chi connectivity index (χ2v) is 10.9. The lowest BCUT2D eigenvalue weighted by atomic mass is 9.79. The van der Waals surface area contributed by atoms with E-state index in [1.54, 1.807) is 22.6 Å². The molecule has 0 radical (unpaired) electrons. The first kappa shape index (κ1) is 19.3. The summed E-state index contributed by atoms with van der Waals surface area (Å²) in [4.78, 5) is 6.94. The summed E-state index contributed by atoms with van der Waals surface area (Å²) in [6, 6.07) is 3.36. The molecule has 5 nitrogen and oxygen atoms in total. The molecule has 2 saturated heterocycles. The molecule has 0 N–H and O–H groups in total. The highest BCUT2D eigenvalue weighted by Crippen LogP contribution is 2.41. The zero-order valence-corrected chi connectivity index (χ0v) is 17.2. The average Bonchev–Trinajstić information content (AvgIpc) is 3.12. The smallest absolute Gasteiger partial charge is 0.244 e. The molecular formula is C21H33N3O2S. The van der Waals surface area contributed by atoms with E-state index in [0.717, 1.165) is 25.3 Å². The molecule has 27 heavy (non-hydrogen) atoms. The number of rotatable bonds is 5. The normalized spacial score (nSPS) is 28.7. The molecule has 0 amide bonds. The number of aromatic nitrogens is 1. The summed E-state index contributed by atoms with van der Waals surface area (Å²) in [5.41, 5.74) is 0.153. The fourth-order valence-electron chi connectivity index (χ4n) is 5.42. The van der Waals surface area contributed by atoms with E-state index in [4.69, 9.17) is 0 Å². The molecule has 2 aliphatic heterocycles. The third-order valence-corrected chi connectivity index (χ3v) is 8.82. The van der Waals surface area contributed by atoms with E-state index in [1.807, 2.05) is 0 Å². The van der Waals surface area contributed by atoms with E-state index >= 15 is 0 Å². The number of likely N-dealkylation sites (tertiary alicyclic amines) is 1. The van der Waals surface area contributed by atoms with E-state index in [2.05, 4.69) is 9.88 Å². The molecule has 1 aromatic heterocycles. The van der Waals surface area contributed by atoms with Crippen molar-refractivity contribution < 1.29 is 8.42 Å². The zero-order chi connectivity index (χ0) is 18.7. The van der Waals surface area contributed by atoms with Crippen LogP contribution in [-0.4, -0.2) is 55.3 Å². The molecule has 1 atom stereocenters. The van der Waals surface area contributed by atoms with Gasteiger partial charge in [-0.3, -0.25) is 4.98 Å². The minimum Gasteiger partial charge on any atom is -0.303 e. The summed E-state index contributed by atoms with van der Waals surface area (Å²) in [6.07, 6.45) is 14.8. The molecule has 1 spiro atoms. The molecule has 6 heteroatoms. The van der Waals surface area contributed by atoms with Gasteiger partial charge in [0, 0.05) is 32.0 Å². The Kier molecular flexibility index (Phi) is 5.86. The van der Waals surface area contributed by atoms with Gasteiger partial charge < -0.3 is 4.90 Å². The molecular weight excluding hydrogens is 358 g/mol. The first-order chi connectivity index (χ1) is 13.1. The lowest BCUT2D eigenvalue weighted by Crippen LogP contribution is -2.45. The lowest BCUT2D eigenvalue weighted by molar-refractivity contribution is 0.0918. The Morgan fingerprint density at radius 2 is 1.93 bits per heavy atom.